The van der Waals surface area contributed by atoms with E-state index in [1.807, 2.05) is 0 Å². The first kappa shape index (κ1) is 11.8. The van der Waals surface area contributed by atoms with Gasteiger partial charge in [0, 0.05) is 13.1 Å². The summed E-state index contributed by atoms with van der Waals surface area (Å²) in [5.41, 5.74) is 0. The number of ether oxygens (including phenoxy) is 1. The van der Waals surface area contributed by atoms with Crippen molar-refractivity contribution in [1.29, 1.82) is 0 Å². The van der Waals surface area contributed by atoms with Gasteiger partial charge in [-0.25, -0.2) is 0 Å². The van der Waals surface area contributed by atoms with Gasteiger partial charge in [0.15, 0.2) is 0 Å². The van der Waals surface area contributed by atoms with Gasteiger partial charge in [-0.2, -0.15) is 0 Å². The van der Waals surface area contributed by atoms with Crippen LogP contribution in [0.2, 0.25) is 0 Å². The van der Waals surface area contributed by atoms with Gasteiger partial charge in [-0.15, -0.1) is 0 Å². The zero-order valence-electron chi connectivity index (χ0n) is 9.07. The Morgan fingerprint density at radius 3 is 2.53 bits per heavy atom. The highest BCUT2D eigenvalue weighted by atomic mass is 16.5. The van der Waals surface area contributed by atoms with Crippen molar-refractivity contribution >= 4 is 11.9 Å². The van der Waals surface area contributed by atoms with Gasteiger partial charge in [-0.1, -0.05) is 6.58 Å². The van der Waals surface area contributed by atoms with Crippen molar-refractivity contribution < 1.29 is 14.3 Å². The van der Waals surface area contributed by atoms with E-state index in [9.17, 15) is 9.59 Å². The monoisotopic (exact) mass is 211 g/mol. The van der Waals surface area contributed by atoms with Crippen LogP contribution in [0.3, 0.4) is 0 Å². The molecule has 1 aliphatic rings. The second kappa shape index (κ2) is 5.53. The lowest BCUT2D eigenvalue weighted by Gasteiger charge is -2.29. The SMILES string of the molecule is C=CC(=O)N1CCC(C(=O)OCC)CC1. The first-order valence-corrected chi connectivity index (χ1v) is 5.27. The van der Waals surface area contributed by atoms with E-state index >= 15 is 0 Å². The summed E-state index contributed by atoms with van der Waals surface area (Å²) in [5.74, 6) is -0.237. The van der Waals surface area contributed by atoms with E-state index in [0.29, 0.717) is 32.5 Å². The Labute approximate surface area is 89.9 Å². The number of amides is 1. The van der Waals surface area contributed by atoms with E-state index in [4.69, 9.17) is 4.74 Å². The fourth-order valence-corrected chi connectivity index (χ4v) is 1.72. The second-order valence-electron chi connectivity index (χ2n) is 3.56. The smallest absolute Gasteiger partial charge is 0.309 e. The average molecular weight is 211 g/mol. The zero-order chi connectivity index (χ0) is 11.3. The quantitative estimate of drug-likeness (QED) is 0.516. The lowest BCUT2D eigenvalue weighted by atomic mass is 9.97. The van der Waals surface area contributed by atoms with Crippen molar-refractivity contribution in [3.05, 3.63) is 12.7 Å². The van der Waals surface area contributed by atoms with Crippen molar-refractivity contribution in [1.82, 2.24) is 4.90 Å². The lowest BCUT2D eigenvalue weighted by molar-refractivity contribution is -0.150. The third kappa shape index (κ3) is 3.08. The molecule has 15 heavy (non-hydrogen) atoms. The predicted octanol–water partition coefficient (Wildman–Crippen LogP) is 0.974. The molecular weight excluding hydrogens is 194 g/mol. The number of likely N-dealkylation sites (tertiary alicyclic amines) is 1. The molecule has 0 spiro atoms. The van der Waals surface area contributed by atoms with Crippen LogP contribution in [0.4, 0.5) is 0 Å². The summed E-state index contributed by atoms with van der Waals surface area (Å²) in [6.45, 7) is 6.90. The van der Waals surface area contributed by atoms with Gasteiger partial charge in [-0.05, 0) is 25.8 Å². The van der Waals surface area contributed by atoms with E-state index in [0.717, 1.165) is 0 Å². The highest BCUT2D eigenvalue weighted by Crippen LogP contribution is 2.18. The van der Waals surface area contributed by atoms with Gasteiger partial charge in [0.1, 0.15) is 0 Å². The van der Waals surface area contributed by atoms with E-state index < -0.39 is 0 Å². The van der Waals surface area contributed by atoms with Crippen LogP contribution in [0.15, 0.2) is 12.7 Å². The Hall–Kier alpha value is -1.32. The molecule has 1 heterocycles. The number of piperidine rings is 1. The largest absolute Gasteiger partial charge is 0.466 e. The summed E-state index contributed by atoms with van der Waals surface area (Å²) in [6.07, 6.45) is 2.70. The van der Waals surface area contributed by atoms with Crippen molar-refractivity contribution in [3.8, 4) is 0 Å². The summed E-state index contributed by atoms with van der Waals surface area (Å²) < 4.78 is 4.94. The van der Waals surface area contributed by atoms with Crippen LogP contribution < -0.4 is 0 Å². The molecule has 4 heteroatoms. The molecule has 0 aliphatic carbocycles. The Balaban J connectivity index is 2.38. The number of hydrogen-bond donors (Lipinski definition) is 0. The second-order valence-corrected chi connectivity index (χ2v) is 3.56. The zero-order valence-corrected chi connectivity index (χ0v) is 9.07. The van der Waals surface area contributed by atoms with Gasteiger partial charge < -0.3 is 9.64 Å². The average Bonchev–Trinajstić information content (AvgIpc) is 2.28. The number of nitrogens with zero attached hydrogens (tertiary/aromatic N) is 1. The molecule has 0 radical (unpaired) electrons. The van der Waals surface area contributed by atoms with Gasteiger partial charge in [0.25, 0.3) is 0 Å². The van der Waals surface area contributed by atoms with Crippen LogP contribution in [0.25, 0.3) is 0 Å². The summed E-state index contributed by atoms with van der Waals surface area (Å²) in [5, 5.41) is 0. The van der Waals surface area contributed by atoms with Crippen LogP contribution in [-0.4, -0.2) is 36.5 Å². The minimum atomic E-state index is -0.136. The van der Waals surface area contributed by atoms with E-state index in [2.05, 4.69) is 6.58 Å². The first-order chi connectivity index (χ1) is 7.19. The van der Waals surface area contributed by atoms with Crippen LogP contribution in [0.5, 0.6) is 0 Å². The number of hydrogen-bond acceptors (Lipinski definition) is 3. The highest BCUT2D eigenvalue weighted by molar-refractivity contribution is 5.87. The van der Waals surface area contributed by atoms with Crippen molar-refractivity contribution in [2.45, 2.75) is 19.8 Å². The summed E-state index contributed by atoms with van der Waals surface area (Å²) in [6, 6.07) is 0. The molecule has 1 aliphatic heterocycles. The molecule has 0 atom stereocenters. The van der Waals surface area contributed by atoms with Gasteiger partial charge in [-0.3, -0.25) is 9.59 Å². The van der Waals surface area contributed by atoms with Crippen molar-refractivity contribution in [2.24, 2.45) is 5.92 Å². The third-order valence-corrected chi connectivity index (χ3v) is 2.60. The minimum Gasteiger partial charge on any atom is -0.466 e. The summed E-state index contributed by atoms with van der Waals surface area (Å²) in [4.78, 5) is 24.4. The fraction of sp³-hybridized carbons (Fsp3) is 0.636. The normalized spacial score (nSPS) is 17.3. The maximum absolute atomic E-state index is 11.4. The van der Waals surface area contributed by atoms with Crippen LogP contribution in [-0.2, 0) is 14.3 Å². The molecule has 84 valence electrons. The number of esters is 1. The standard InChI is InChI=1S/C11H17NO3/c1-3-10(13)12-7-5-9(6-8-12)11(14)15-4-2/h3,9H,1,4-8H2,2H3. The molecule has 0 bridgehead atoms. The Kier molecular flexibility index (Phi) is 4.34. The number of rotatable bonds is 3. The van der Waals surface area contributed by atoms with E-state index in [1.165, 1.54) is 6.08 Å². The molecule has 0 unspecified atom stereocenters. The lowest BCUT2D eigenvalue weighted by Crippen LogP contribution is -2.39. The van der Waals surface area contributed by atoms with Gasteiger partial charge >= 0.3 is 5.97 Å². The molecule has 0 N–H and O–H groups in total. The topological polar surface area (TPSA) is 46.6 Å². The van der Waals surface area contributed by atoms with Gasteiger partial charge in [0.2, 0.25) is 5.91 Å². The van der Waals surface area contributed by atoms with Gasteiger partial charge in [0.05, 0.1) is 12.5 Å². The molecule has 0 aromatic rings. The molecule has 1 saturated heterocycles. The van der Waals surface area contributed by atoms with E-state index in [-0.39, 0.29) is 17.8 Å². The predicted molar refractivity (Wildman–Crippen MR) is 56.1 cm³/mol. The molecular formula is C11H17NO3. The molecule has 1 amide bonds. The molecule has 1 fully saturated rings. The summed E-state index contributed by atoms with van der Waals surface area (Å²) >= 11 is 0. The van der Waals surface area contributed by atoms with Crippen LogP contribution in [0, 0.1) is 5.92 Å². The van der Waals surface area contributed by atoms with Crippen LogP contribution >= 0.6 is 0 Å². The first-order valence-electron chi connectivity index (χ1n) is 5.27. The molecule has 4 nitrogen and oxygen atoms in total. The molecule has 0 aromatic heterocycles. The molecule has 0 aromatic carbocycles. The number of carbonyl (C=O) groups is 2. The van der Waals surface area contributed by atoms with E-state index in [1.54, 1.807) is 11.8 Å². The van der Waals surface area contributed by atoms with Crippen LogP contribution in [0.1, 0.15) is 19.8 Å². The Morgan fingerprint density at radius 1 is 1.47 bits per heavy atom. The highest BCUT2D eigenvalue weighted by Gasteiger charge is 2.27. The Bertz CT molecular complexity index is 255. The maximum atomic E-state index is 11.4. The summed E-state index contributed by atoms with van der Waals surface area (Å²) in [7, 11) is 0. The molecule has 0 saturated carbocycles. The van der Waals surface area contributed by atoms with Crippen molar-refractivity contribution in [2.75, 3.05) is 19.7 Å². The third-order valence-electron chi connectivity index (χ3n) is 2.60. The maximum Gasteiger partial charge on any atom is 0.309 e. The molecule has 1 rings (SSSR count). The number of carbonyl (C=O) groups excluding carboxylic acids is 2. The minimum absolute atomic E-state index is 0.0428. The van der Waals surface area contributed by atoms with Crippen molar-refractivity contribution in [3.63, 3.8) is 0 Å². The fourth-order valence-electron chi connectivity index (χ4n) is 1.72. The Morgan fingerprint density at radius 2 is 2.07 bits per heavy atom.